The van der Waals surface area contributed by atoms with Gasteiger partial charge in [-0.3, -0.25) is 0 Å². The first-order valence-corrected chi connectivity index (χ1v) is 5.27. The highest BCUT2D eigenvalue weighted by atomic mass is 19.4. The molecule has 2 nitrogen and oxygen atoms in total. The second-order valence-electron chi connectivity index (χ2n) is 3.91. The number of hydrogen-bond donors (Lipinski definition) is 1. The van der Waals surface area contributed by atoms with Gasteiger partial charge in [-0.2, -0.15) is 13.2 Å². The molecular weight excluding hydrogens is 207 g/mol. The molecule has 92 valence electrons. The summed E-state index contributed by atoms with van der Waals surface area (Å²) < 4.78 is 39.9. The number of rotatable bonds is 8. The van der Waals surface area contributed by atoms with E-state index in [9.17, 15) is 13.2 Å². The monoisotopic (exact) mass is 227 g/mol. The van der Waals surface area contributed by atoms with Crippen LogP contribution in [0.4, 0.5) is 13.2 Å². The van der Waals surface area contributed by atoms with Crippen LogP contribution in [0.1, 0.15) is 26.7 Å². The van der Waals surface area contributed by atoms with E-state index in [2.05, 4.69) is 19.2 Å². The molecule has 0 rings (SSSR count). The Kier molecular flexibility index (Phi) is 7.78. The average Bonchev–Trinajstić information content (AvgIpc) is 2.07. The van der Waals surface area contributed by atoms with Gasteiger partial charge in [-0.1, -0.05) is 13.8 Å². The van der Waals surface area contributed by atoms with Gasteiger partial charge in [-0.25, -0.2) is 0 Å². The molecule has 0 fully saturated rings. The third-order valence-corrected chi connectivity index (χ3v) is 1.85. The van der Waals surface area contributed by atoms with Crippen LogP contribution in [0.3, 0.4) is 0 Å². The molecule has 0 atom stereocenters. The highest BCUT2D eigenvalue weighted by molar-refractivity contribution is 4.51. The van der Waals surface area contributed by atoms with E-state index in [-0.39, 0.29) is 6.61 Å². The number of ether oxygens (including phenoxy) is 1. The lowest BCUT2D eigenvalue weighted by molar-refractivity contribution is -0.145. The molecule has 0 aromatic rings. The number of hydrogen-bond acceptors (Lipinski definition) is 2. The molecule has 0 aliphatic rings. The Morgan fingerprint density at radius 2 is 1.80 bits per heavy atom. The molecule has 5 heteroatoms. The SMILES string of the molecule is CC(C)CCNCCOCCC(F)(F)F. The summed E-state index contributed by atoms with van der Waals surface area (Å²) in [6, 6.07) is 0. The molecule has 0 saturated heterocycles. The summed E-state index contributed by atoms with van der Waals surface area (Å²) in [4.78, 5) is 0. The van der Waals surface area contributed by atoms with Gasteiger partial charge in [-0.05, 0) is 18.9 Å². The molecule has 1 N–H and O–H groups in total. The molecule has 0 saturated carbocycles. The second-order valence-corrected chi connectivity index (χ2v) is 3.91. The zero-order valence-electron chi connectivity index (χ0n) is 9.36. The maximum Gasteiger partial charge on any atom is 0.391 e. The van der Waals surface area contributed by atoms with Crippen LogP contribution in [0.5, 0.6) is 0 Å². The van der Waals surface area contributed by atoms with E-state index in [4.69, 9.17) is 4.74 Å². The van der Waals surface area contributed by atoms with Gasteiger partial charge in [0.05, 0.1) is 19.6 Å². The molecule has 0 bridgehead atoms. The topological polar surface area (TPSA) is 21.3 Å². The van der Waals surface area contributed by atoms with Gasteiger partial charge in [0.1, 0.15) is 0 Å². The molecule has 0 unspecified atom stereocenters. The van der Waals surface area contributed by atoms with Crippen molar-refractivity contribution in [2.45, 2.75) is 32.9 Å². The second kappa shape index (κ2) is 7.93. The Bertz CT molecular complexity index is 148. The number of alkyl halides is 3. The van der Waals surface area contributed by atoms with Gasteiger partial charge >= 0.3 is 6.18 Å². The average molecular weight is 227 g/mol. The maximum atomic E-state index is 11.7. The van der Waals surface area contributed by atoms with Crippen LogP contribution in [0, 0.1) is 5.92 Å². The summed E-state index contributed by atoms with van der Waals surface area (Å²) in [7, 11) is 0. The minimum absolute atomic E-state index is 0.241. The molecule has 0 aliphatic carbocycles. The fourth-order valence-corrected chi connectivity index (χ4v) is 0.950. The third kappa shape index (κ3) is 13.7. The van der Waals surface area contributed by atoms with Crippen molar-refractivity contribution >= 4 is 0 Å². The van der Waals surface area contributed by atoms with Gasteiger partial charge < -0.3 is 10.1 Å². The fourth-order valence-electron chi connectivity index (χ4n) is 0.950. The van der Waals surface area contributed by atoms with Gasteiger partial charge in [0, 0.05) is 6.54 Å². The molecule has 0 spiro atoms. The normalized spacial score (nSPS) is 12.4. The first-order chi connectivity index (χ1) is 6.92. The quantitative estimate of drug-likeness (QED) is 0.643. The summed E-state index contributed by atoms with van der Waals surface area (Å²) in [6.45, 7) is 5.86. The Hall–Kier alpha value is -0.290. The predicted molar refractivity (Wildman–Crippen MR) is 53.8 cm³/mol. The van der Waals surface area contributed by atoms with Gasteiger partial charge in [0.15, 0.2) is 0 Å². The van der Waals surface area contributed by atoms with Gasteiger partial charge in [-0.15, -0.1) is 0 Å². The van der Waals surface area contributed by atoms with Crippen molar-refractivity contribution < 1.29 is 17.9 Å². The van der Waals surface area contributed by atoms with Crippen molar-refractivity contribution in [3.05, 3.63) is 0 Å². The van der Waals surface area contributed by atoms with Crippen molar-refractivity contribution in [1.82, 2.24) is 5.32 Å². The minimum Gasteiger partial charge on any atom is -0.380 e. The Balaban J connectivity index is 3.06. The van der Waals surface area contributed by atoms with E-state index >= 15 is 0 Å². The summed E-state index contributed by atoms with van der Waals surface area (Å²) in [5.41, 5.74) is 0. The van der Waals surface area contributed by atoms with Crippen LogP contribution in [-0.2, 0) is 4.74 Å². The summed E-state index contributed by atoms with van der Waals surface area (Å²) in [5, 5.41) is 3.11. The van der Waals surface area contributed by atoms with Crippen LogP contribution in [0.25, 0.3) is 0 Å². The summed E-state index contributed by atoms with van der Waals surface area (Å²) in [6.07, 6.45) is -3.90. The standard InChI is InChI=1S/C10H20F3NO/c1-9(2)3-5-14-6-8-15-7-4-10(11,12)13/h9,14H,3-8H2,1-2H3. The van der Waals surface area contributed by atoms with E-state index in [1.165, 1.54) is 0 Å². The Labute approximate surface area is 89.2 Å². The van der Waals surface area contributed by atoms with Gasteiger partial charge in [0.2, 0.25) is 0 Å². The lowest BCUT2D eigenvalue weighted by Crippen LogP contribution is -2.22. The molecule has 0 aromatic heterocycles. The van der Waals surface area contributed by atoms with Crippen molar-refractivity contribution in [3.63, 3.8) is 0 Å². The van der Waals surface area contributed by atoms with Crippen molar-refractivity contribution in [2.75, 3.05) is 26.3 Å². The summed E-state index contributed by atoms with van der Waals surface area (Å²) >= 11 is 0. The zero-order valence-corrected chi connectivity index (χ0v) is 9.36. The van der Waals surface area contributed by atoms with Crippen LogP contribution in [-0.4, -0.2) is 32.5 Å². The van der Waals surface area contributed by atoms with Crippen molar-refractivity contribution in [2.24, 2.45) is 5.92 Å². The first kappa shape index (κ1) is 14.7. The third-order valence-electron chi connectivity index (χ3n) is 1.85. The number of nitrogens with one attached hydrogen (secondary N) is 1. The van der Waals surface area contributed by atoms with E-state index < -0.39 is 12.6 Å². The first-order valence-electron chi connectivity index (χ1n) is 5.27. The number of halogens is 3. The minimum atomic E-state index is -4.11. The van der Waals surface area contributed by atoms with E-state index in [0.717, 1.165) is 13.0 Å². The molecule has 0 radical (unpaired) electrons. The smallest absolute Gasteiger partial charge is 0.380 e. The van der Waals surface area contributed by atoms with Crippen molar-refractivity contribution in [3.8, 4) is 0 Å². The predicted octanol–water partition coefficient (Wildman–Crippen LogP) is 2.59. The van der Waals surface area contributed by atoms with Crippen molar-refractivity contribution in [1.29, 1.82) is 0 Å². The molecular formula is C10H20F3NO. The highest BCUT2D eigenvalue weighted by Crippen LogP contribution is 2.18. The Morgan fingerprint density at radius 1 is 1.13 bits per heavy atom. The molecule has 0 heterocycles. The molecule has 15 heavy (non-hydrogen) atoms. The van der Waals surface area contributed by atoms with Crippen LogP contribution < -0.4 is 5.32 Å². The Morgan fingerprint density at radius 3 is 2.33 bits per heavy atom. The lowest BCUT2D eigenvalue weighted by Gasteiger charge is -2.08. The molecule has 0 aliphatic heterocycles. The van der Waals surface area contributed by atoms with Crippen LogP contribution >= 0.6 is 0 Å². The molecule has 0 aromatic carbocycles. The van der Waals surface area contributed by atoms with E-state index in [1.54, 1.807) is 0 Å². The zero-order chi connectivity index (χ0) is 11.7. The summed E-state index contributed by atoms with van der Waals surface area (Å²) in [5.74, 6) is 0.642. The van der Waals surface area contributed by atoms with E-state index in [1.807, 2.05) is 0 Å². The van der Waals surface area contributed by atoms with Crippen LogP contribution in [0.15, 0.2) is 0 Å². The largest absolute Gasteiger partial charge is 0.391 e. The lowest BCUT2D eigenvalue weighted by atomic mass is 10.1. The van der Waals surface area contributed by atoms with Crippen LogP contribution in [0.2, 0.25) is 0 Å². The highest BCUT2D eigenvalue weighted by Gasteiger charge is 2.26. The van der Waals surface area contributed by atoms with Gasteiger partial charge in [0.25, 0.3) is 0 Å². The maximum absolute atomic E-state index is 11.7. The van der Waals surface area contributed by atoms with E-state index in [0.29, 0.717) is 19.1 Å². The molecule has 0 amide bonds. The fraction of sp³-hybridized carbons (Fsp3) is 1.00.